The summed E-state index contributed by atoms with van der Waals surface area (Å²) in [5.74, 6) is -7.28. The first kappa shape index (κ1) is 75.1. The van der Waals surface area contributed by atoms with Crippen molar-refractivity contribution in [3.05, 3.63) is 63.9 Å². The summed E-state index contributed by atoms with van der Waals surface area (Å²) in [6, 6.07) is 2.68. The van der Waals surface area contributed by atoms with E-state index in [1.807, 2.05) is 94.4 Å². The number of aliphatic imine (C=N–C) groups is 3. The number of carbonyl (C=O) groups excluding carboxylic acids is 8. The molecule has 7 heterocycles. The first-order valence-electron chi connectivity index (χ1n) is 33.3. The number of hydrogen-bond donors (Lipinski definition) is 11. The number of unbranched alkanes of at least 4 members (excludes halogenated alkanes) is 1. The molecule has 97 heavy (non-hydrogen) atoms. The predicted molar refractivity (Wildman–Crippen MR) is 361 cm³/mol. The molecular weight excluding hydrogens is 1270 g/mol. The number of fused-ring (bicyclic) bond motifs is 7. The van der Waals surface area contributed by atoms with Gasteiger partial charge >= 0.3 is 13.9 Å². The van der Waals surface area contributed by atoms with Crippen molar-refractivity contribution in [3.63, 3.8) is 0 Å². The molecule has 15 atom stereocenters. The normalized spacial score (nSPS) is 30.5. The number of alkyl carbamates (subject to hydrolysis) is 1. The zero-order valence-corrected chi connectivity index (χ0v) is 58.6. The number of amides is 8. The Morgan fingerprint density at radius 1 is 0.794 bits per heavy atom. The molecule has 0 saturated carbocycles. The Labute approximate surface area is 565 Å². The maximum absolute atomic E-state index is 14.5. The van der Waals surface area contributed by atoms with Gasteiger partial charge in [0.2, 0.25) is 41.4 Å². The molecule has 17 N–H and O–H groups in total. The van der Waals surface area contributed by atoms with Crippen LogP contribution in [-0.2, 0) is 56.6 Å². The number of aromatic nitrogens is 2. The van der Waals surface area contributed by atoms with Crippen LogP contribution in [0.2, 0.25) is 0 Å². The van der Waals surface area contributed by atoms with Crippen molar-refractivity contribution in [2.24, 2.45) is 94.7 Å². The lowest BCUT2D eigenvalue weighted by molar-refractivity contribution is -0.124. The van der Waals surface area contributed by atoms with Crippen molar-refractivity contribution in [1.29, 1.82) is 0 Å². The van der Waals surface area contributed by atoms with Crippen LogP contribution in [0.1, 0.15) is 170 Å². The summed E-state index contributed by atoms with van der Waals surface area (Å²) in [5, 5.41) is 21.0. The molecule has 8 bridgehead atoms. The number of allylic oxidation sites excluding steroid dienone is 6. The smallest absolute Gasteiger partial charge is 0.447 e. The number of primary amides is 6. The van der Waals surface area contributed by atoms with Crippen LogP contribution in [0.15, 0.2) is 67.8 Å². The summed E-state index contributed by atoms with van der Waals surface area (Å²) in [6.07, 6.45) is -3.91. The summed E-state index contributed by atoms with van der Waals surface area (Å²) in [6.45, 7) is 21.7. The Hall–Kier alpha value is -7.69. The number of aliphatic hydroxyl groups is 1. The molecule has 2 saturated heterocycles. The molecule has 6 aliphatic heterocycles. The van der Waals surface area contributed by atoms with Crippen LogP contribution in [0, 0.1) is 59.2 Å². The fraction of sp³-hybridized carbons (Fsp3) is 0.642. The van der Waals surface area contributed by atoms with Gasteiger partial charge in [-0.3, -0.25) is 57.6 Å². The van der Waals surface area contributed by atoms with E-state index in [0.29, 0.717) is 69.4 Å². The molecule has 0 spiro atoms. The minimum atomic E-state index is -5.17. The Bertz CT molecular complexity index is 3740. The maximum Gasteiger partial charge on any atom is 0.472 e. The van der Waals surface area contributed by atoms with E-state index in [9.17, 15) is 52.9 Å². The molecule has 1 unspecified atom stereocenters. The van der Waals surface area contributed by atoms with Crippen LogP contribution >= 0.6 is 7.82 Å². The second-order valence-corrected chi connectivity index (χ2v) is 30.1. The van der Waals surface area contributed by atoms with Gasteiger partial charge < -0.3 is 74.4 Å². The van der Waals surface area contributed by atoms with Gasteiger partial charge in [-0.1, -0.05) is 48.0 Å². The first-order valence-corrected chi connectivity index (χ1v) is 34.8. The number of phosphoric acid groups is 1. The SMILES string of the molecule is CCCCNC(=O)OC[C@H]1O[C@H](n2cnc3cc(C)c(C)cc32)[C@H](O)[C@@H]1OP(=O)(O)O[C@H](C)CNC(=O)CC[C@@]1(C)C2=N[C@H]([C@@H]1CC(N)=O)[C@]1(C)N=C(C(C)=C3NC(=CC4=NC(=C2C)[C@@H](CCC(N)=O)C4(C)C)[C@@H](CCC(N)=O)[C@]3(C)CC(N)=O)[C@@H](CCC(N)=O)[C@]1(C)CC(N)=O. The topological polar surface area (TPSA) is 478 Å². The maximum atomic E-state index is 14.5. The highest BCUT2D eigenvalue weighted by Crippen LogP contribution is 2.63. The van der Waals surface area contributed by atoms with Gasteiger partial charge in [0.15, 0.2) is 6.23 Å². The van der Waals surface area contributed by atoms with Crippen LogP contribution in [0.4, 0.5) is 4.79 Å². The standard InChI is InChI=1S/C67H99N14O15P/c1-13-14-23-74-62(90)93-31-45-57(56(89)61(94-45)81-32-76-43-24-33(2)34(3)25-44(43)81)96-97(91,92)95-35(4)30-75-53(88)21-22-64(9)41(26-50(71)85)60-67(12)66(11,29-52(73)87)40(17-20-49(70)84)55(80-67)37(6)59-65(10,28-51(72)86)38(15-18-47(68)82)42(77-59)27-46-63(7,8)39(16-19-48(69)83)54(78-46)36(5)58(64)79-60/h24-25,27,32,35,38-41,45,56-57,60-61,77,89H,13-23,26,28-31H2,1-12H3,(H2,68,82)(H2,69,83)(H2,70,84)(H2,71,85)(H2,72,86)(H2,73,87)(H,74,90)(H,75,88)(H,91,92)/t35-,38-,39-,40-,41+,45-,56-,57-,60-,61+,64-,65+,66+,67+/m1/s1. The summed E-state index contributed by atoms with van der Waals surface area (Å²) in [4.78, 5) is 139. The number of nitrogens with two attached hydrogens (primary N) is 6. The van der Waals surface area contributed by atoms with E-state index >= 15 is 0 Å². The molecule has 8 rings (SSSR count). The highest BCUT2D eigenvalue weighted by Gasteiger charge is 2.66. The number of aliphatic hydroxyl groups excluding tert-OH is 1. The predicted octanol–water partition coefficient (Wildman–Crippen LogP) is 4.70. The lowest BCUT2D eigenvalue weighted by Gasteiger charge is -2.48. The fourth-order valence-corrected chi connectivity index (χ4v) is 17.2. The zero-order chi connectivity index (χ0) is 71.8. The minimum absolute atomic E-state index is 0.0277. The van der Waals surface area contributed by atoms with E-state index in [1.165, 1.54) is 13.3 Å². The zero-order valence-electron chi connectivity index (χ0n) is 57.7. The third kappa shape index (κ3) is 15.3. The molecule has 1 aromatic heterocycles. The molecule has 30 heteroatoms. The van der Waals surface area contributed by atoms with Gasteiger partial charge in [-0.25, -0.2) is 14.3 Å². The molecule has 6 aliphatic rings. The largest absolute Gasteiger partial charge is 0.472 e. The molecule has 29 nitrogen and oxygen atoms in total. The van der Waals surface area contributed by atoms with Gasteiger partial charge in [-0.15, -0.1) is 0 Å². The average molecular weight is 1370 g/mol. The van der Waals surface area contributed by atoms with Crippen LogP contribution in [0.25, 0.3) is 11.0 Å². The summed E-state index contributed by atoms with van der Waals surface area (Å²) >= 11 is 0. The second kappa shape index (κ2) is 29.0. The van der Waals surface area contributed by atoms with E-state index in [-0.39, 0.29) is 77.2 Å². The molecule has 2 aromatic rings. The van der Waals surface area contributed by atoms with Crippen molar-refractivity contribution >= 4 is 83.4 Å². The average Bonchev–Trinajstić information content (AvgIpc) is 1.53. The molecule has 2 fully saturated rings. The Morgan fingerprint density at radius 2 is 1.41 bits per heavy atom. The number of nitrogens with zero attached hydrogens (tertiary/aromatic N) is 5. The number of carbonyl (C=O) groups is 8. The number of hydrogen-bond acceptors (Lipinski definition) is 19. The van der Waals surface area contributed by atoms with Crippen LogP contribution < -0.4 is 50.4 Å². The molecule has 0 aliphatic carbocycles. The van der Waals surface area contributed by atoms with Gasteiger partial charge in [0.05, 0.1) is 35.0 Å². The Morgan fingerprint density at radius 3 is 2.02 bits per heavy atom. The lowest BCUT2D eigenvalue weighted by Crippen LogP contribution is -2.56. The summed E-state index contributed by atoms with van der Waals surface area (Å²) in [7, 11) is -5.17. The van der Waals surface area contributed by atoms with E-state index in [4.69, 9.17) is 67.9 Å². The summed E-state index contributed by atoms with van der Waals surface area (Å²) < 4.78 is 38.6. The van der Waals surface area contributed by atoms with Crippen LogP contribution in [0.3, 0.4) is 0 Å². The number of nitrogens with one attached hydrogen (secondary N) is 3. The number of aryl methyl sites for hydroxylation is 2. The molecular formula is C67H99N14O15P. The third-order valence-corrected chi connectivity index (χ3v) is 22.7. The summed E-state index contributed by atoms with van der Waals surface area (Å²) in [5.41, 5.74) is 37.3. The quantitative estimate of drug-likeness (QED) is 0.0373. The highest BCUT2D eigenvalue weighted by atomic mass is 31.2. The van der Waals surface area contributed by atoms with Gasteiger partial charge in [0.1, 0.15) is 24.9 Å². The van der Waals surface area contributed by atoms with Crippen LogP contribution in [0.5, 0.6) is 0 Å². The van der Waals surface area contributed by atoms with Crippen molar-refractivity contribution in [1.82, 2.24) is 25.5 Å². The van der Waals surface area contributed by atoms with E-state index < -0.39 is 149 Å². The van der Waals surface area contributed by atoms with E-state index in [2.05, 4.69) is 20.9 Å². The van der Waals surface area contributed by atoms with Gasteiger partial charge in [-0.05, 0) is 114 Å². The monoisotopic (exact) mass is 1370 g/mol. The molecule has 532 valence electrons. The minimum Gasteiger partial charge on any atom is -0.447 e. The Balaban J connectivity index is 1.17. The number of phosphoric ester groups is 1. The van der Waals surface area contributed by atoms with Gasteiger partial charge in [0.25, 0.3) is 0 Å². The highest BCUT2D eigenvalue weighted by molar-refractivity contribution is 7.47. The number of ether oxygens (including phenoxy) is 2. The molecule has 1 aromatic carbocycles. The van der Waals surface area contributed by atoms with Crippen molar-refractivity contribution in [3.8, 4) is 0 Å². The number of imidazole rings is 1. The third-order valence-electron chi connectivity index (χ3n) is 21.6. The van der Waals surface area contributed by atoms with Crippen molar-refractivity contribution < 1.29 is 71.4 Å². The van der Waals surface area contributed by atoms with Gasteiger partial charge in [-0.2, -0.15) is 0 Å². The van der Waals surface area contributed by atoms with Crippen molar-refractivity contribution in [2.45, 2.75) is 209 Å². The number of rotatable bonds is 30. The van der Waals surface area contributed by atoms with E-state index in [1.54, 1.807) is 4.57 Å². The molecule has 0 radical (unpaired) electrons. The second-order valence-electron chi connectivity index (χ2n) is 28.8. The van der Waals surface area contributed by atoms with E-state index in [0.717, 1.165) is 17.5 Å². The number of benzene rings is 1. The molecule has 8 amide bonds. The lowest BCUT2D eigenvalue weighted by atomic mass is 9.55. The van der Waals surface area contributed by atoms with Crippen LogP contribution in [-0.4, -0.2) is 140 Å². The van der Waals surface area contributed by atoms with Crippen molar-refractivity contribution in [2.75, 3.05) is 19.7 Å². The Kier molecular flexibility index (Phi) is 22.5. The first-order chi connectivity index (χ1) is 45.2. The van der Waals surface area contributed by atoms with Gasteiger partial charge in [0, 0.05) is 138 Å². The fourth-order valence-electron chi connectivity index (χ4n) is 16.0.